The topological polar surface area (TPSA) is 92.5 Å². The number of ketones is 1. The average molecular weight is 429 g/mol. The van der Waals surface area contributed by atoms with Gasteiger partial charge in [0.25, 0.3) is 0 Å². The number of carbonyl (C=O) groups is 3. The highest BCUT2D eigenvalue weighted by molar-refractivity contribution is 5.95. The average Bonchev–Trinajstić information content (AvgIpc) is 2.62. The van der Waals surface area contributed by atoms with E-state index in [0.29, 0.717) is 0 Å². The van der Waals surface area contributed by atoms with E-state index in [0.717, 1.165) is 0 Å². The van der Waals surface area contributed by atoms with E-state index >= 15 is 0 Å². The molecule has 1 aliphatic heterocycles. The van der Waals surface area contributed by atoms with Gasteiger partial charge in [0.05, 0.1) is 12.1 Å². The fourth-order valence-electron chi connectivity index (χ4n) is 3.00. The lowest BCUT2D eigenvalue weighted by Gasteiger charge is -2.34. The van der Waals surface area contributed by atoms with E-state index < -0.39 is 47.7 Å². The molecule has 0 aromatic heterocycles. The standard InChI is InChI=1S/C18H28F5N3O3/c1-9(2)12(24)16(29)26-7-5-11(6-8-26)15(28)25-13(10(3)4)14(27)17(19,20)18(21,22)23/h9-13H,5-8,24H2,1-4H3,(H,25,28)/t12-,13?/m0/s1. The summed E-state index contributed by atoms with van der Waals surface area (Å²) in [5, 5.41) is 2.05. The maximum absolute atomic E-state index is 13.4. The van der Waals surface area contributed by atoms with Gasteiger partial charge in [0.15, 0.2) is 0 Å². The van der Waals surface area contributed by atoms with Crippen LogP contribution in [0.4, 0.5) is 22.0 Å². The van der Waals surface area contributed by atoms with Crippen molar-refractivity contribution in [2.75, 3.05) is 13.1 Å². The lowest BCUT2D eigenvalue weighted by molar-refractivity contribution is -0.270. The second-order valence-corrected chi connectivity index (χ2v) is 8.04. The molecular weight excluding hydrogens is 401 g/mol. The van der Waals surface area contributed by atoms with Crippen LogP contribution in [0.15, 0.2) is 0 Å². The molecule has 6 nitrogen and oxygen atoms in total. The quantitative estimate of drug-likeness (QED) is 0.607. The van der Waals surface area contributed by atoms with Gasteiger partial charge in [-0.3, -0.25) is 14.4 Å². The van der Waals surface area contributed by atoms with E-state index in [9.17, 15) is 36.3 Å². The third-order valence-electron chi connectivity index (χ3n) is 5.09. The lowest BCUT2D eigenvalue weighted by Crippen LogP contribution is -2.57. The molecule has 2 amide bonds. The normalized spacial score (nSPS) is 18.7. The largest absolute Gasteiger partial charge is 0.461 e. The summed E-state index contributed by atoms with van der Waals surface area (Å²) < 4.78 is 64.4. The van der Waals surface area contributed by atoms with Gasteiger partial charge in [0, 0.05) is 19.0 Å². The van der Waals surface area contributed by atoms with Crippen molar-refractivity contribution in [2.24, 2.45) is 23.5 Å². The molecule has 1 heterocycles. The first-order valence-corrected chi connectivity index (χ1v) is 9.44. The summed E-state index contributed by atoms with van der Waals surface area (Å²) >= 11 is 0. The zero-order chi connectivity index (χ0) is 22.7. The molecule has 0 saturated carbocycles. The van der Waals surface area contributed by atoms with Crippen LogP contribution in [0.1, 0.15) is 40.5 Å². The molecule has 0 bridgehead atoms. The van der Waals surface area contributed by atoms with Gasteiger partial charge in [-0.1, -0.05) is 27.7 Å². The Hall–Kier alpha value is -1.78. The Labute approximate surface area is 166 Å². The fourth-order valence-corrected chi connectivity index (χ4v) is 3.00. The SMILES string of the molecule is CC(C)C(NC(=O)C1CCN(C(=O)[C@@H](N)C(C)C)CC1)C(=O)C(F)(F)C(F)(F)F. The Morgan fingerprint density at radius 2 is 1.45 bits per heavy atom. The van der Waals surface area contributed by atoms with Crippen molar-refractivity contribution in [1.82, 2.24) is 10.2 Å². The molecule has 1 aliphatic rings. The summed E-state index contributed by atoms with van der Waals surface area (Å²) in [6.45, 7) is 6.53. The first-order chi connectivity index (χ1) is 13.1. The van der Waals surface area contributed by atoms with Gasteiger partial charge in [-0.25, -0.2) is 0 Å². The Balaban J connectivity index is 2.77. The number of nitrogens with one attached hydrogen (secondary N) is 1. The van der Waals surface area contributed by atoms with Crippen LogP contribution in [0.5, 0.6) is 0 Å². The molecule has 1 rings (SSSR count). The first-order valence-electron chi connectivity index (χ1n) is 9.44. The van der Waals surface area contributed by atoms with E-state index in [1.807, 2.05) is 0 Å². The first kappa shape index (κ1) is 25.3. The van der Waals surface area contributed by atoms with E-state index in [1.165, 1.54) is 18.7 Å². The number of hydrogen-bond donors (Lipinski definition) is 2. The molecule has 1 unspecified atom stereocenters. The minimum Gasteiger partial charge on any atom is -0.346 e. The minimum atomic E-state index is -6.04. The number of likely N-dealkylation sites (tertiary alicyclic amines) is 1. The zero-order valence-corrected chi connectivity index (χ0v) is 16.9. The van der Waals surface area contributed by atoms with E-state index in [2.05, 4.69) is 5.32 Å². The summed E-state index contributed by atoms with van der Waals surface area (Å²) in [7, 11) is 0. The highest BCUT2D eigenvalue weighted by atomic mass is 19.4. The Morgan fingerprint density at radius 1 is 0.966 bits per heavy atom. The number of alkyl halides is 5. The van der Waals surface area contributed by atoms with Crippen molar-refractivity contribution < 1.29 is 36.3 Å². The van der Waals surface area contributed by atoms with Crippen LogP contribution in [0, 0.1) is 17.8 Å². The molecule has 29 heavy (non-hydrogen) atoms. The summed E-state index contributed by atoms with van der Waals surface area (Å²) in [5.74, 6) is -10.7. The summed E-state index contributed by atoms with van der Waals surface area (Å²) in [4.78, 5) is 37.9. The monoisotopic (exact) mass is 429 g/mol. The Kier molecular flexibility index (Phi) is 8.15. The van der Waals surface area contributed by atoms with E-state index in [-0.39, 0.29) is 37.8 Å². The fraction of sp³-hybridized carbons (Fsp3) is 0.833. The van der Waals surface area contributed by atoms with Crippen molar-refractivity contribution in [3.8, 4) is 0 Å². The minimum absolute atomic E-state index is 0.0726. The Morgan fingerprint density at radius 3 is 1.83 bits per heavy atom. The van der Waals surface area contributed by atoms with Crippen LogP contribution >= 0.6 is 0 Å². The van der Waals surface area contributed by atoms with Crippen molar-refractivity contribution in [2.45, 2.75) is 64.7 Å². The van der Waals surface area contributed by atoms with Crippen molar-refractivity contribution in [3.05, 3.63) is 0 Å². The van der Waals surface area contributed by atoms with E-state index in [4.69, 9.17) is 5.73 Å². The predicted octanol–water partition coefficient (Wildman–Crippen LogP) is 2.12. The lowest BCUT2D eigenvalue weighted by atomic mass is 9.91. The second kappa shape index (κ2) is 9.36. The highest BCUT2D eigenvalue weighted by Gasteiger charge is 2.64. The molecule has 0 radical (unpaired) electrons. The molecule has 1 fully saturated rings. The van der Waals surface area contributed by atoms with Gasteiger partial charge >= 0.3 is 12.1 Å². The number of hydrogen-bond acceptors (Lipinski definition) is 4. The number of carbonyl (C=O) groups excluding carboxylic acids is 3. The molecule has 2 atom stereocenters. The Bertz CT molecular complexity index is 614. The number of Topliss-reactive ketones (excluding diaryl/α,β-unsaturated/α-hetero) is 1. The predicted molar refractivity (Wildman–Crippen MR) is 94.9 cm³/mol. The number of amides is 2. The van der Waals surface area contributed by atoms with Crippen molar-refractivity contribution in [1.29, 1.82) is 0 Å². The van der Waals surface area contributed by atoms with Crippen molar-refractivity contribution >= 4 is 17.6 Å². The van der Waals surface area contributed by atoms with E-state index in [1.54, 1.807) is 13.8 Å². The highest BCUT2D eigenvalue weighted by Crippen LogP contribution is 2.37. The molecule has 0 aromatic rings. The van der Waals surface area contributed by atoms with Gasteiger partial charge in [0.2, 0.25) is 17.6 Å². The van der Waals surface area contributed by atoms with Crippen LogP contribution in [0.3, 0.4) is 0 Å². The van der Waals surface area contributed by atoms with Crippen LogP contribution in [-0.4, -0.2) is 59.8 Å². The molecule has 3 N–H and O–H groups in total. The molecule has 168 valence electrons. The molecule has 11 heteroatoms. The molecular formula is C18H28F5N3O3. The summed E-state index contributed by atoms with van der Waals surface area (Å²) in [6, 6.07) is -2.67. The van der Waals surface area contributed by atoms with Gasteiger partial charge in [-0.15, -0.1) is 0 Å². The number of nitrogens with two attached hydrogens (primary N) is 1. The summed E-state index contributed by atoms with van der Waals surface area (Å²) in [5.41, 5.74) is 5.82. The zero-order valence-electron chi connectivity index (χ0n) is 16.9. The van der Waals surface area contributed by atoms with Crippen LogP contribution in [0.2, 0.25) is 0 Å². The van der Waals surface area contributed by atoms with Gasteiger partial charge < -0.3 is 16.0 Å². The smallest absolute Gasteiger partial charge is 0.346 e. The third kappa shape index (κ3) is 5.86. The molecule has 0 aromatic carbocycles. The van der Waals surface area contributed by atoms with Crippen LogP contribution in [-0.2, 0) is 14.4 Å². The van der Waals surface area contributed by atoms with Gasteiger partial charge in [-0.2, -0.15) is 22.0 Å². The third-order valence-corrected chi connectivity index (χ3v) is 5.09. The van der Waals surface area contributed by atoms with Crippen LogP contribution in [0.25, 0.3) is 0 Å². The van der Waals surface area contributed by atoms with Gasteiger partial charge in [0.1, 0.15) is 0 Å². The number of nitrogens with zero attached hydrogens (tertiary/aromatic N) is 1. The molecule has 0 aliphatic carbocycles. The maximum Gasteiger partial charge on any atom is 0.461 e. The van der Waals surface area contributed by atoms with Gasteiger partial charge in [-0.05, 0) is 24.7 Å². The number of piperidine rings is 1. The van der Waals surface area contributed by atoms with Crippen molar-refractivity contribution in [3.63, 3.8) is 0 Å². The molecule has 1 saturated heterocycles. The number of halogens is 5. The molecule has 0 spiro atoms. The summed E-state index contributed by atoms with van der Waals surface area (Å²) in [6.07, 6.45) is -5.66. The maximum atomic E-state index is 13.4. The second-order valence-electron chi connectivity index (χ2n) is 8.04. The number of rotatable bonds is 7. The van der Waals surface area contributed by atoms with Crippen LogP contribution < -0.4 is 11.1 Å².